The van der Waals surface area contributed by atoms with Gasteiger partial charge in [-0.2, -0.15) is 0 Å². The minimum absolute atomic E-state index is 0.555. The lowest BCUT2D eigenvalue weighted by Crippen LogP contribution is -2.51. The maximum atomic E-state index is 5.58. The second kappa shape index (κ2) is 8.02. The number of methoxy groups -OCH3 is 1. The largest absolute Gasteiger partial charge is 0.495 e. The molecule has 2 fully saturated rings. The molecule has 1 N–H and O–H groups in total. The summed E-state index contributed by atoms with van der Waals surface area (Å²) in [4.78, 5) is 2.47. The fourth-order valence-corrected chi connectivity index (χ4v) is 3.98. The number of para-hydroxylation sites is 2. The third kappa shape index (κ3) is 3.99. The van der Waals surface area contributed by atoms with Gasteiger partial charge >= 0.3 is 0 Å². The second-order valence-corrected chi connectivity index (χ2v) is 6.76. The fraction of sp³-hybridized carbons (Fsp3) is 0.684. The molecule has 2 saturated heterocycles. The predicted octanol–water partition coefficient (Wildman–Crippen LogP) is 3.07. The third-order valence-electron chi connectivity index (χ3n) is 5.27. The van der Waals surface area contributed by atoms with Crippen LogP contribution in [0.25, 0.3) is 0 Å². The Kier molecular flexibility index (Phi) is 5.79. The number of nitrogens with zero attached hydrogens (tertiary/aromatic N) is 1. The van der Waals surface area contributed by atoms with E-state index in [4.69, 9.17) is 9.47 Å². The van der Waals surface area contributed by atoms with Crippen LogP contribution in [0.2, 0.25) is 0 Å². The molecular formula is C19H30N2O2. The highest BCUT2D eigenvalue weighted by molar-refractivity contribution is 5.58. The molecule has 0 aromatic heterocycles. The maximum absolute atomic E-state index is 5.58. The van der Waals surface area contributed by atoms with Crippen LogP contribution in [-0.4, -0.2) is 45.5 Å². The number of ether oxygens (including phenoxy) is 2. The van der Waals surface area contributed by atoms with Gasteiger partial charge in [0.05, 0.1) is 19.4 Å². The van der Waals surface area contributed by atoms with E-state index in [1.165, 1.54) is 31.4 Å². The molecule has 3 rings (SSSR count). The zero-order valence-electron chi connectivity index (χ0n) is 14.5. The summed E-state index contributed by atoms with van der Waals surface area (Å²) in [5, 5.41) is 3.92. The van der Waals surface area contributed by atoms with Gasteiger partial charge in [-0.05, 0) is 43.7 Å². The van der Waals surface area contributed by atoms with Crippen molar-refractivity contribution in [2.75, 3.05) is 38.3 Å². The van der Waals surface area contributed by atoms with Crippen LogP contribution >= 0.6 is 0 Å². The normalized spacial score (nSPS) is 26.3. The monoisotopic (exact) mass is 318 g/mol. The van der Waals surface area contributed by atoms with Crippen molar-refractivity contribution in [3.8, 4) is 5.75 Å². The molecule has 3 atom stereocenters. The molecule has 2 aliphatic rings. The Balaban J connectivity index is 1.63. The van der Waals surface area contributed by atoms with E-state index in [1.54, 1.807) is 7.11 Å². The van der Waals surface area contributed by atoms with Crippen molar-refractivity contribution in [3.63, 3.8) is 0 Å². The van der Waals surface area contributed by atoms with E-state index < -0.39 is 0 Å². The average Bonchev–Trinajstić information content (AvgIpc) is 3.14. The summed E-state index contributed by atoms with van der Waals surface area (Å²) < 4.78 is 11.1. The first-order valence-corrected chi connectivity index (χ1v) is 9.03. The molecular weight excluding hydrogens is 288 g/mol. The van der Waals surface area contributed by atoms with E-state index in [1.807, 2.05) is 6.07 Å². The Bertz CT molecular complexity index is 488. The van der Waals surface area contributed by atoms with Crippen LogP contribution in [0.3, 0.4) is 0 Å². The number of anilines is 1. The summed E-state index contributed by atoms with van der Waals surface area (Å²) in [5.74, 6) is 1.66. The van der Waals surface area contributed by atoms with Crippen molar-refractivity contribution in [3.05, 3.63) is 24.3 Å². The molecule has 128 valence electrons. The zero-order chi connectivity index (χ0) is 16.1. The fourth-order valence-electron chi connectivity index (χ4n) is 3.98. The highest BCUT2D eigenvalue weighted by atomic mass is 16.5. The Labute approximate surface area is 140 Å². The number of nitrogens with one attached hydrogen (secondary N) is 1. The van der Waals surface area contributed by atoms with Crippen LogP contribution in [0.1, 0.15) is 32.6 Å². The highest BCUT2D eigenvalue weighted by Gasteiger charge is 2.29. The van der Waals surface area contributed by atoms with Gasteiger partial charge in [-0.25, -0.2) is 0 Å². The van der Waals surface area contributed by atoms with Gasteiger partial charge < -0.3 is 19.7 Å². The molecule has 0 bridgehead atoms. The van der Waals surface area contributed by atoms with Gasteiger partial charge in [0.15, 0.2) is 0 Å². The molecule has 0 radical (unpaired) electrons. The van der Waals surface area contributed by atoms with Gasteiger partial charge in [0, 0.05) is 31.8 Å². The van der Waals surface area contributed by atoms with Crippen LogP contribution in [0, 0.1) is 5.92 Å². The number of benzene rings is 1. The van der Waals surface area contributed by atoms with E-state index in [0.717, 1.165) is 32.1 Å². The molecule has 1 aromatic carbocycles. The molecule has 2 aliphatic heterocycles. The minimum atomic E-state index is 0.555. The zero-order valence-corrected chi connectivity index (χ0v) is 14.5. The standard InChI is InChI=1S/C19H30N2O2/c1-3-17(15-10-12-23-14-15)20-16-7-6-11-21(13-16)18-8-4-5-9-19(18)22-2/h4-5,8-9,15-17,20H,3,6-7,10-14H2,1-2H3/t15-,16+,17-/m0/s1. The molecule has 2 heterocycles. The SMILES string of the molecule is CC[C@H](N[C@@H]1CCCN(c2ccccc2OC)C1)[C@H]1CCOC1. The Morgan fingerprint density at radius 1 is 1.35 bits per heavy atom. The van der Waals surface area contributed by atoms with Crippen LogP contribution < -0.4 is 15.0 Å². The average molecular weight is 318 g/mol. The van der Waals surface area contributed by atoms with Gasteiger partial charge in [0.25, 0.3) is 0 Å². The van der Waals surface area contributed by atoms with Gasteiger partial charge in [-0.3, -0.25) is 0 Å². The summed E-state index contributed by atoms with van der Waals surface area (Å²) in [6.07, 6.45) is 4.87. The van der Waals surface area contributed by atoms with E-state index >= 15 is 0 Å². The first kappa shape index (κ1) is 16.6. The lowest BCUT2D eigenvalue weighted by molar-refractivity contribution is 0.172. The topological polar surface area (TPSA) is 33.7 Å². The van der Waals surface area contributed by atoms with Crippen molar-refractivity contribution >= 4 is 5.69 Å². The summed E-state index contributed by atoms with van der Waals surface area (Å²) in [6, 6.07) is 9.49. The number of hydrogen-bond acceptors (Lipinski definition) is 4. The molecule has 0 spiro atoms. The van der Waals surface area contributed by atoms with Crippen molar-refractivity contribution in [1.82, 2.24) is 5.32 Å². The first-order chi connectivity index (χ1) is 11.3. The van der Waals surface area contributed by atoms with Crippen LogP contribution in [0.4, 0.5) is 5.69 Å². The highest BCUT2D eigenvalue weighted by Crippen LogP contribution is 2.30. The number of piperidine rings is 1. The van der Waals surface area contributed by atoms with Crippen LogP contribution in [-0.2, 0) is 4.74 Å². The third-order valence-corrected chi connectivity index (χ3v) is 5.27. The molecule has 1 aromatic rings. The smallest absolute Gasteiger partial charge is 0.142 e. The first-order valence-electron chi connectivity index (χ1n) is 9.03. The summed E-state index contributed by atoms with van der Waals surface area (Å²) in [7, 11) is 1.76. The minimum Gasteiger partial charge on any atom is -0.495 e. The Morgan fingerprint density at radius 2 is 2.22 bits per heavy atom. The number of rotatable bonds is 6. The van der Waals surface area contributed by atoms with E-state index in [9.17, 15) is 0 Å². The van der Waals surface area contributed by atoms with E-state index in [2.05, 4.69) is 35.3 Å². The summed E-state index contributed by atoms with van der Waals surface area (Å²) in [5.41, 5.74) is 1.22. The van der Waals surface area contributed by atoms with Crippen molar-refractivity contribution in [1.29, 1.82) is 0 Å². The van der Waals surface area contributed by atoms with Crippen LogP contribution in [0.5, 0.6) is 5.75 Å². The molecule has 0 aliphatic carbocycles. The molecule has 0 unspecified atom stereocenters. The molecule has 4 heteroatoms. The van der Waals surface area contributed by atoms with Gasteiger partial charge in [0.2, 0.25) is 0 Å². The predicted molar refractivity (Wildman–Crippen MR) is 94.4 cm³/mol. The molecule has 23 heavy (non-hydrogen) atoms. The van der Waals surface area contributed by atoms with E-state index in [0.29, 0.717) is 18.0 Å². The lowest BCUT2D eigenvalue weighted by Gasteiger charge is -2.38. The van der Waals surface area contributed by atoms with Gasteiger partial charge in [-0.15, -0.1) is 0 Å². The van der Waals surface area contributed by atoms with Crippen molar-refractivity contribution < 1.29 is 9.47 Å². The quantitative estimate of drug-likeness (QED) is 0.874. The Hall–Kier alpha value is -1.26. The molecule has 0 amide bonds. The van der Waals surface area contributed by atoms with Gasteiger partial charge in [-0.1, -0.05) is 19.1 Å². The summed E-state index contributed by atoms with van der Waals surface area (Å²) >= 11 is 0. The maximum Gasteiger partial charge on any atom is 0.142 e. The Morgan fingerprint density at radius 3 is 2.96 bits per heavy atom. The van der Waals surface area contributed by atoms with Crippen molar-refractivity contribution in [2.24, 2.45) is 5.92 Å². The lowest BCUT2D eigenvalue weighted by atomic mass is 9.94. The van der Waals surface area contributed by atoms with E-state index in [-0.39, 0.29) is 0 Å². The summed E-state index contributed by atoms with van der Waals surface area (Å²) in [6.45, 7) is 6.32. The molecule has 4 nitrogen and oxygen atoms in total. The molecule has 0 saturated carbocycles. The number of hydrogen-bond donors (Lipinski definition) is 1. The van der Waals surface area contributed by atoms with Gasteiger partial charge in [0.1, 0.15) is 5.75 Å². The second-order valence-electron chi connectivity index (χ2n) is 6.76. The van der Waals surface area contributed by atoms with Crippen molar-refractivity contribution in [2.45, 2.75) is 44.7 Å². The van der Waals surface area contributed by atoms with Crippen LogP contribution in [0.15, 0.2) is 24.3 Å².